The molecule has 0 aromatic carbocycles. The molecule has 0 bridgehead atoms. The number of aromatic nitrogens is 2. The van der Waals surface area contributed by atoms with Gasteiger partial charge in [-0.2, -0.15) is 0 Å². The summed E-state index contributed by atoms with van der Waals surface area (Å²) in [5, 5.41) is 1.03. The van der Waals surface area contributed by atoms with Crippen LogP contribution in [0.2, 0.25) is 0 Å². The van der Waals surface area contributed by atoms with E-state index >= 15 is 0 Å². The first-order valence-electron chi connectivity index (χ1n) is 4.43. The first-order chi connectivity index (χ1) is 6.81. The van der Waals surface area contributed by atoms with E-state index in [1.807, 2.05) is 18.3 Å². The van der Waals surface area contributed by atoms with Crippen molar-refractivity contribution in [1.29, 1.82) is 0 Å². The van der Waals surface area contributed by atoms with Gasteiger partial charge in [-0.3, -0.25) is 0 Å². The van der Waals surface area contributed by atoms with Gasteiger partial charge in [-0.05, 0) is 24.1 Å². The Labute approximate surface area is 81.1 Å². The molecule has 14 heavy (non-hydrogen) atoms. The fraction of sp³-hybridized carbons (Fsp3) is 0.200. The molecule has 0 saturated carbocycles. The van der Waals surface area contributed by atoms with Crippen molar-refractivity contribution in [1.82, 2.24) is 9.97 Å². The van der Waals surface area contributed by atoms with Gasteiger partial charge in [-0.25, -0.2) is 4.98 Å². The Morgan fingerprint density at radius 2 is 2.50 bits per heavy atom. The maximum absolute atomic E-state index is 10.4. The number of fused-ring (bicyclic) bond motifs is 1. The van der Waals surface area contributed by atoms with Crippen LogP contribution in [-0.4, -0.2) is 22.3 Å². The van der Waals surface area contributed by atoms with Crippen LogP contribution in [0.3, 0.4) is 0 Å². The molecule has 3 N–H and O–H groups in total. The summed E-state index contributed by atoms with van der Waals surface area (Å²) in [4.78, 5) is 17.6. The minimum Gasteiger partial charge on any atom is -0.346 e. The Morgan fingerprint density at radius 3 is 3.29 bits per heavy atom. The lowest BCUT2D eigenvalue weighted by atomic mass is 10.1. The molecule has 2 aromatic rings. The van der Waals surface area contributed by atoms with Gasteiger partial charge < -0.3 is 15.5 Å². The Bertz CT molecular complexity index is 449. The average molecular weight is 189 g/mol. The zero-order valence-corrected chi connectivity index (χ0v) is 7.60. The predicted molar refractivity (Wildman–Crippen MR) is 53.8 cm³/mol. The number of nitrogens with one attached hydrogen (secondary N) is 1. The fourth-order valence-electron chi connectivity index (χ4n) is 1.48. The minimum atomic E-state index is -0.436. The van der Waals surface area contributed by atoms with E-state index in [0.717, 1.165) is 22.9 Å². The average Bonchev–Trinajstić information content (AvgIpc) is 2.62. The number of pyridine rings is 1. The lowest BCUT2D eigenvalue weighted by molar-refractivity contribution is -0.108. The van der Waals surface area contributed by atoms with E-state index in [1.54, 1.807) is 6.20 Å². The van der Waals surface area contributed by atoms with Crippen LogP contribution in [0, 0.1) is 0 Å². The van der Waals surface area contributed by atoms with Gasteiger partial charge in [0.1, 0.15) is 11.9 Å². The van der Waals surface area contributed by atoms with Gasteiger partial charge in [0, 0.05) is 17.8 Å². The zero-order valence-electron chi connectivity index (χ0n) is 7.60. The molecule has 0 aliphatic rings. The normalized spacial score (nSPS) is 12.9. The molecule has 0 saturated heterocycles. The van der Waals surface area contributed by atoms with Gasteiger partial charge in [0.2, 0.25) is 0 Å². The Morgan fingerprint density at radius 1 is 1.64 bits per heavy atom. The van der Waals surface area contributed by atoms with Gasteiger partial charge in [0.15, 0.2) is 0 Å². The van der Waals surface area contributed by atoms with Crippen molar-refractivity contribution >= 4 is 17.3 Å². The molecule has 2 rings (SSSR count). The molecule has 0 radical (unpaired) electrons. The van der Waals surface area contributed by atoms with Crippen LogP contribution >= 0.6 is 0 Å². The fourth-order valence-corrected chi connectivity index (χ4v) is 1.48. The Balaban J connectivity index is 2.38. The number of carbonyl (C=O) groups is 1. The smallest absolute Gasteiger partial charge is 0.137 e. The molecule has 0 amide bonds. The number of aromatic amines is 1. The second-order valence-electron chi connectivity index (χ2n) is 3.22. The summed E-state index contributed by atoms with van der Waals surface area (Å²) in [6, 6.07) is 3.40. The third-order valence-electron chi connectivity index (χ3n) is 2.17. The van der Waals surface area contributed by atoms with Crippen molar-refractivity contribution in [2.24, 2.45) is 5.73 Å². The second kappa shape index (κ2) is 3.59. The monoisotopic (exact) mass is 189 g/mol. The zero-order chi connectivity index (χ0) is 9.97. The van der Waals surface area contributed by atoms with E-state index in [2.05, 4.69) is 9.97 Å². The molecule has 2 aromatic heterocycles. The summed E-state index contributed by atoms with van der Waals surface area (Å²) in [7, 11) is 0. The van der Waals surface area contributed by atoms with E-state index in [0.29, 0.717) is 6.42 Å². The maximum Gasteiger partial charge on any atom is 0.137 e. The van der Waals surface area contributed by atoms with Crippen LogP contribution in [0.25, 0.3) is 11.0 Å². The van der Waals surface area contributed by atoms with E-state index in [-0.39, 0.29) is 0 Å². The number of rotatable bonds is 3. The first kappa shape index (κ1) is 8.90. The van der Waals surface area contributed by atoms with Gasteiger partial charge >= 0.3 is 0 Å². The summed E-state index contributed by atoms with van der Waals surface area (Å²) >= 11 is 0. The van der Waals surface area contributed by atoms with E-state index in [9.17, 15) is 4.79 Å². The van der Waals surface area contributed by atoms with Crippen LogP contribution in [0.4, 0.5) is 0 Å². The minimum absolute atomic E-state index is 0.436. The summed E-state index contributed by atoms with van der Waals surface area (Å²) in [6.07, 6.45) is 4.88. The molecule has 1 unspecified atom stereocenters. The molecular weight excluding hydrogens is 178 g/mol. The topological polar surface area (TPSA) is 71.8 Å². The van der Waals surface area contributed by atoms with E-state index in [1.165, 1.54) is 0 Å². The molecule has 1 atom stereocenters. The molecule has 0 fully saturated rings. The quantitative estimate of drug-likeness (QED) is 0.696. The van der Waals surface area contributed by atoms with Crippen molar-refractivity contribution in [3.63, 3.8) is 0 Å². The third kappa shape index (κ3) is 1.52. The van der Waals surface area contributed by atoms with Gasteiger partial charge in [0.25, 0.3) is 0 Å². The predicted octanol–water partition coefficient (Wildman–Crippen LogP) is 0.632. The number of carbonyl (C=O) groups excluding carboxylic acids is 1. The molecule has 0 aliphatic carbocycles. The number of aldehydes is 1. The molecular formula is C10H11N3O. The summed E-state index contributed by atoms with van der Waals surface area (Å²) < 4.78 is 0. The van der Waals surface area contributed by atoms with E-state index in [4.69, 9.17) is 5.73 Å². The Kier molecular flexibility index (Phi) is 2.28. The number of H-pyrrole nitrogens is 1. The maximum atomic E-state index is 10.4. The molecule has 72 valence electrons. The molecule has 2 heterocycles. The SMILES string of the molecule is NC(C=O)Cc1c[nH]c2ncccc12. The van der Waals surface area contributed by atoms with Crippen molar-refractivity contribution in [3.05, 3.63) is 30.1 Å². The van der Waals surface area contributed by atoms with Crippen LogP contribution in [0.1, 0.15) is 5.56 Å². The number of nitrogens with two attached hydrogens (primary N) is 1. The summed E-state index contributed by atoms with van der Waals surface area (Å²) in [6.45, 7) is 0. The van der Waals surface area contributed by atoms with Crippen LogP contribution in [-0.2, 0) is 11.2 Å². The molecule has 0 spiro atoms. The first-order valence-corrected chi connectivity index (χ1v) is 4.43. The van der Waals surface area contributed by atoms with Gasteiger partial charge in [-0.1, -0.05) is 0 Å². The highest BCUT2D eigenvalue weighted by Crippen LogP contribution is 2.16. The molecule has 0 aliphatic heterocycles. The van der Waals surface area contributed by atoms with Crippen molar-refractivity contribution < 1.29 is 4.79 Å². The molecule has 4 nitrogen and oxygen atoms in total. The summed E-state index contributed by atoms with van der Waals surface area (Å²) in [5.74, 6) is 0. The van der Waals surface area contributed by atoms with Gasteiger partial charge in [0.05, 0.1) is 6.04 Å². The van der Waals surface area contributed by atoms with Crippen molar-refractivity contribution in [2.75, 3.05) is 0 Å². The Hall–Kier alpha value is -1.68. The van der Waals surface area contributed by atoms with Gasteiger partial charge in [-0.15, -0.1) is 0 Å². The second-order valence-corrected chi connectivity index (χ2v) is 3.22. The molecule has 4 heteroatoms. The number of hydrogen-bond donors (Lipinski definition) is 2. The largest absolute Gasteiger partial charge is 0.346 e. The number of hydrogen-bond acceptors (Lipinski definition) is 3. The van der Waals surface area contributed by atoms with Crippen LogP contribution in [0.15, 0.2) is 24.5 Å². The van der Waals surface area contributed by atoms with Crippen LogP contribution in [0.5, 0.6) is 0 Å². The standard InChI is InChI=1S/C10H11N3O/c11-8(6-14)4-7-5-13-10-9(7)2-1-3-12-10/h1-3,5-6,8H,4,11H2,(H,12,13). The number of nitrogens with zero attached hydrogens (tertiary/aromatic N) is 1. The summed E-state index contributed by atoms with van der Waals surface area (Å²) in [5.41, 5.74) is 7.42. The highest BCUT2D eigenvalue weighted by molar-refractivity contribution is 5.80. The van der Waals surface area contributed by atoms with Crippen molar-refractivity contribution in [3.8, 4) is 0 Å². The van der Waals surface area contributed by atoms with Crippen molar-refractivity contribution in [2.45, 2.75) is 12.5 Å². The lowest BCUT2D eigenvalue weighted by Crippen LogP contribution is -2.23. The highest BCUT2D eigenvalue weighted by atomic mass is 16.1. The van der Waals surface area contributed by atoms with E-state index < -0.39 is 6.04 Å². The van der Waals surface area contributed by atoms with Crippen LogP contribution < -0.4 is 5.73 Å². The lowest BCUT2D eigenvalue weighted by Gasteiger charge is -2.01. The highest BCUT2D eigenvalue weighted by Gasteiger charge is 2.07. The third-order valence-corrected chi connectivity index (χ3v) is 2.17.